The zero-order chi connectivity index (χ0) is 11.3. The Morgan fingerprint density at radius 3 is 2.93 bits per heavy atom. The third-order valence-corrected chi connectivity index (χ3v) is 4.04. The van der Waals surface area contributed by atoms with Gasteiger partial charge in [0.2, 0.25) is 0 Å². The number of rotatable bonds is 5. The minimum absolute atomic E-state index is 0.135. The number of hydrogen-bond donors (Lipinski definition) is 0. The molecule has 0 fully saturated rings. The van der Waals surface area contributed by atoms with Crippen molar-refractivity contribution in [2.75, 3.05) is 5.88 Å². The smallest absolute Gasteiger partial charge is 0.127 e. The fourth-order valence-corrected chi connectivity index (χ4v) is 2.96. The minimum Gasteiger partial charge on any atom is -0.207 e. The quantitative estimate of drug-likeness (QED) is 0.701. The minimum atomic E-state index is -0.135. The van der Waals surface area contributed by atoms with Crippen molar-refractivity contribution in [1.82, 2.24) is 0 Å². The molecule has 0 aliphatic carbocycles. The summed E-state index contributed by atoms with van der Waals surface area (Å²) in [7, 11) is 0. The Bertz CT molecular complexity index is 319. The SMILES string of the molecule is CC(CCCl)SCc1cc(Br)ccc1F. The van der Waals surface area contributed by atoms with Crippen LogP contribution in [-0.2, 0) is 5.75 Å². The van der Waals surface area contributed by atoms with Gasteiger partial charge in [-0.15, -0.1) is 11.6 Å². The Kier molecular flexibility index (Phi) is 6.02. The van der Waals surface area contributed by atoms with Crippen LogP contribution in [0, 0.1) is 5.82 Å². The summed E-state index contributed by atoms with van der Waals surface area (Å²) in [6.45, 7) is 2.11. The lowest BCUT2D eigenvalue weighted by molar-refractivity contribution is 0.617. The molecule has 1 aromatic carbocycles. The number of benzene rings is 1. The van der Waals surface area contributed by atoms with E-state index in [0.717, 1.165) is 16.5 Å². The van der Waals surface area contributed by atoms with Gasteiger partial charge in [-0.25, -0.2) is 4.39 Å². The number of hydrogen-bond acceptors (Lipinski definition) is 1. The van der Waals surface area contributed by atoms with E-state index in [0.29, 0.717) is 16.9 Å². The van der Waals surface area contributed by atoms with Crippen molar-refractivity contribution in [1.29, 1.82) is 0 Å². The van der Waals surface area contributed by atoms with Crippen molar-refractivity contribution in [3.8, 4) is 0 Å². The molecule has 0 aliphatic heterocycles. The molecule has 0 nitrogen and oxygen atoms in total. The lowest BCUT2D eigenvalue weighted by atomic mass is 10.2. The van der Waals surface area contributed by atoms with Crippen LogP contribution in [0.5, 0.6) is 0 Å². The normalized spacial score (nSPS) is 12.8. The maximum atomic E-state index is 13.3. The average Bonchev–Trinajstić information content (AvgIpc) is 2.20. The highest BCUT2D eigenvalue weighted by Gasteiger charge is 2.06. The van der Waals surface area contributed by atoms with Crippen LogP contribution in [0.3, 0.4) is 0 Å². The van der Waals surface area contributed by atoms with Crippen molar-refractivity contribution in [2.24, 2.45) is 0 Å². The van der Waals surface area contributed by atoms with Gasteiger partial charge in [-0.05, 0) is 30.2 Å². The predicted octanol–water partition coefficient (Wildman–Crippen LogP) is 4.84. The lowest BCUT2D eigenvalue weighted by Crippen LogP contribution is -1.98. The molecular formula is C11H13BrClFS. The Labute approximate surface area is 108 Å². The third kappa shape index (κ3) is 4.75. The van der Waals surface area contributed by atoms with Crippen LogP contribution < -0.4 is 0 Å². The molecule has 84 valence electrons. The number of halogens is 3. The van der Waals surface area contributed by atoms with Crippen LogP contribution in [0.15, 0.2) is 22.7 Å². The first-order valence-corrected chi connectivity index (χ1v) is 7.12. The monoisotopic (exact) mass is 310 g/mol. The van der Waals surface area contributed by atoms with Gasteiger partial charge in [0.05, 0.1) is 0 Å². The molecule has 1 atom stereocenters. The first-order valence-electron chi connectivity index (χ1n) is 4.75. The van der Waals surface area contributed by atoms with Gasteiger partial charge in [0, 0.05) is 21.4 Å². The van der Waals surface area contributed by atoms with Crippen molar-refractivity contribution in [2.45, 2.75) is 24.3 Å². The summed E-state index contributed by atoms with van der Waals surface area (Å²) in [5.41, 5.74) is 0.746. The molecule has 4 heteroatoms. The highest BCUT2D eigenvalue weighted by atomic mass is 79.9. The standard InChI is InChI=1S/C11H13BrClFS/c1-8(4-5-13)15-7-9-6-10(12)2-3-11(9)14/h2-3,6,8H,4-5,7H2,1H3. The summed E-state index contributed by atoms with van der Waals surface area (Å²) < 4.78 is 14.3. The second-order valence-corrected chi connectivity index (χ2v) is 6.06. The van der Waals surface area contributed by atoms with Gasteiger partial charge in [-0.1, -0.05) is 22.9 Å². The van der Waals surface area contributed by atoms with Gasteiger partial charge < -0.3 is 0 Å². The van der Waals surface area contributed by atoms with Crippen LogP contribution in [0.2, 0.25) is 0 Å². The average molecular weight is 312 g/mol. The van der Waals surface area contributed by atoms with E-state index in [1.54, 1.807) is 17.8 Å². The molecule has 0 saturated carbocycles. The molecule has 1 rings (SSSR count). The highest BCUT2D eigenvalue weighted by molar-refractivity contribution is 9.10. The van der Waals surface area contributed by atoms with Gasteiger partial charge in [0.25, 0.3) is 0 Å². The summed E-state index contributed by atoms with van der Waals surface area (Å²) in [4.78, 5) is 0. The fraction of sp³-hybridized carbons (Fsp3) is 0.455. The zero-order valence-electron chi connectivity index (χ0n) is 8.47. The fourth-order valence-electron chi connectivity index (χ4n) is 1.12. The summed E-state index contributed by atoms with van der Waals surface area (Å²) in [6, 6.07) is 5.04. The Hall–Kier alpha value is 0.270. The highest BCUT2D eigenvalue weighted by Crippen LogP contribution is 2.24. The molecule has 0 amide bonds. The summed E-state index contributed by atoms with van der Waals surface area (Å²) in [6.07, 6.45) is 0.960. The van der Waals surface area contributed by atoms with Crippen LogP contribution in [0.1, 0.15) is 18.9 Å². The predicted molar refractivity (Wildman–Crippen MR) is 70.2 cm³/mol. The van der Waals surface area contributed by atoms with Gasteiger partial charge in [-0.3, -0.25) is 0 Å². The number of thioether (sulfide) groups is 1. The molecule has 0 spiro atoms. The second-order valence-electron chi connectivity index (χ2n) is 3.34. The van der Waals surface area contributed by atoms with Crippen molar-refractivity contribution in [3.63, 3.8) is 0 Å². The molecule has 0 radical (unpaired) electrons. The molecule has 0 saturated heterocycles. The molecule has 0 N–H and O–H groups in total. The summed E-state index contributed by atoms with van der Waals surface area (Å²) >= 11 is 10.7. The largest absolute Gasteiger partial charge is 0.207 e. The van der Waals surface area contributed by atoms with Gasteiger partial charge in [-0.2, -0.15) is 11.8 Å². The summed E-state index contributed by atoms with van der Waals surface area (Å²) in [5.74, 6) is 1.22. The van der Waals surface area contributed by atoms with Gasteiger partial charge in [0.1, 0.15) is 5.82 Å². The van der Waals surface area contributed by atoms with E-state index in [-0.39, 0.29) is 5.82 Å². The molecule has 1 aromatic rings. The second kappa shape index (κ2) is 6.77. The first kappa shape index (κ1) is 13.3. The van der Waals surface area contributed by atoms with Crippen molar-refractivity contribution < 1.29 is 4.39 Å². The first-order chi connectivity index (χ1) is 7.13. The van der Waals surface area contributed by atoms with Crippen LogP contribution in [0.25, 0.3) is 0 Å². The Balaban J connectivity index is 2.53. The van der Waals surface area contributed by atoms with Crippen LogP contribution in [-0.4, -0.2) is 11.1 Å². The molecule has 1 unspecified atom stereocenters. The molecule has 0 bridgehead atoms. The van der Waals surface area contributed by atoms with Crippen LogP contribution >= 0.6 is 39.3 Å². The zero-order valence-corrected chi connectivity index (χ0v) is 11.6. The van der Waals surface area contributed by atoms with Gasteiger partial charge >= 0.3 is 0 Å². The lowest BCUT2D eigenvalue weighted by Gasteiger charge is -2.09. The van der Waals surface area contributed by atoms with E-state index >= 15 is 0 Å². The summed E-state index contributed by atoms with van der Waals surface area (Å²) in [5, 5.41) is 0.473. The maximum absolute atomic E-state index is 13.3. The van der Waals surface area contributed by atoms with E-state index < -0.39 is 0 Å². The van der Waals surface area contributed by atoms with Crippen LogP contribution in [0.4, 0.5) is 4.39 Å². The third-order valence-electron chi connectivity index (χ3n) is 2.05. The van der Waals surface area contributed by atoms with Crippen molar-refractivity contribution >= 4 is 39.3 Å². The molecule has 15 heavy (non-hydrogen) atoms. The van der Waals surface area contributed by atoms with E-state index in [1.165, 1.54) is 6.07 Å². The van der Waals surface area contributed by atoms with E-state index in [2.05, 4.69) is 22.9 Å². The Morgan fingerprint density at radius 1 is 1.53 bits per heavy atom. The maximum Gasteiger partial charge on any atom is 0.127 e. The molecule has 0 heterocycles. The molecule has 0 aromatic heterocycles. The van der Waals surface area contributed by atoms with E-state index in [1.807, 2.05) is 6.07 Å². The number of alkyl halides is 1. The molecular weight excluding hydrogens is 299 g/mol. The van der Waals surface area contributed by atoms with Crippen molar-refractivity contribution in [3.05, 3.63) is 34.1 Å². The topological polar surface area (TPSA) is 0 Å². The Morgan fingerprint density at radius 2 is 2.27 bits per heavy atom. The van der Waals surface area contributed by atoms with E-state index in [4.69, 9.17) is 11.6 Å². The van der Waals surface area contributed by atoms with E-state index in [9.17, 15) is 4.39 Å². The molecule has 0 aliphatic rings. The van der Waals surface area contributed by atoms with Gasteiger partial charge in [0.15, 0.2) is 0 Å².